The van der Waals surface area contributed by atoms with Gasteiger partial charge in [0.05, 0.1) is 4.88 Å². The Kier molecular flexibility index (Phi) is 3.30. The second kappa shape index (κ2) is 4.55. The molecule has 16 heavy (non-hydrogen) atoms. The van der Waals surface area contributed by atoms with E-state index in [4.69, 9.17) is 0 Å². The quantitative estimate of drug-likeness (QED) is 0.810. The summed E-state index contributed by atoms with van der Waals surface area (Å²) < 4.78 is 0. The zero-order chi connectivity index (χ0) is 11.7. The van der Waals surface area contributed by atoms with Crippen LogP contribution in [0.3, 0.4) is 0 Å². The van der Waals surface area contributed by atoms with E-state index in [0.717, 1.165) is 18.0 Å². The highest BCUT2D eigenvalue weighted by molar-refractivity contribution is 7.13. The van der Waals surface area contributed by atoms with Gasteiger partial charge in [0.25, 0.3) is 5.91 Å². The van der Waals surface area contributed by atoms with Crippen LogP contribution in [-0.4, -0.2) is 36.0 Å². The number of carbonyl (C=O) groups is 1. The molecule has 88 valence electrons. The summed E-state index contributed by atoms with van der Waals surface area (Å²) in [6.45, 7) is 8.01. The summed E-state index contributed by atoms with van der Waals surface area (Å²) in [6, 6.07) is 4.50. The Morgan fingerprint density at radius 1 is 1.38 bits per heavy atom. The number of nitrogens with zero attached hydrogens (tertiary/aromatic N) is 1. The van der Waals surface area contributed by atoms with Crippen molar-refractivity contribution in [1.29, 1.82) is 0 Å². The Labute approximate surface area is 100 Å². The average Bonchev–Trinajstić information content (AvgIpc) is 2.64. The molecule has 2 atom stereocenters. The minimum Gasteiger partial charge on any atom is -0.330 e. The molecule has 0 bridgehead atoms. The van der Waals surface area contributed by atoms with Gasteiger partial charge in [-0.2, -0.15) is 0 Å². The third-order valence-corrected chi connectivity index (χ3v) is 4.00. The van der Waals surface area contributed by atoms with Gasteiger partial charge < -0.3 is 10.2 Å². The molecule has 2 rings (SSSR count). The summed E-state index contributed by atoms with van der Waals surface area (Å²) >= 11 is 1.58. The predicted molar refractivity (Wildman–Crippen MR) is 67.0 cm³/mol. The molecular weight excluding hydrogens is 220 g/mol. The maximum Gasteiger partial charge on any atom is 0.264 e. The van der Waals surface area contributed by atoms with Crippen molar-refractivity contribution in [2.75, 3.05) is 13.1 Å². The fourth-order valence-electron chi connectivity index (χ4n) is 2.21. The molecule has 3 nitrogen and oxygen atoms in total. The van der Waals surface area contributed by atoms with Gasteiger partial charge in [0.15, 0.2) is 0 Å². The van der Waals surface area contributed by atoms with Crippen LogP contribution in [-0.2, 0) is 0 Å². The van der Waals surface area contributed by atoms with E-state index in [9.17, 15) is 4.79 Å². The number of hydrogen-bond acceptors (Lipinski definition) is 3. The van der Waals surface area contributed by atoms with Gasteiger partial charge in [-0.15, -0.1) is 11.3 Å². The highest BCUT2D eigenvalue weighted by Gasteiger charge is 2.29. The predicted octanol–water partition coefficient (Wildman–Crippen LogP) is 1.88. The molecule has 1 aromatic rings. The van der Waals surface area contributed by atoms with E-state index < -0.39 is 0 Å². The van der Waals surface area contributed by atoms with Gasteiger partial charge in [-0.25, -0.2) is 0 Å². The highest BCUT2D eigenvalue weighted by Crippen LogP contribution is 2.20. The molecule has 1 aliphatic rings. The van der Waals surface area contributed by atoms with Crippen molar-refractivity contribution in [2.24, 2.45) is 0 Å². The molecule has 1 N–H and O–H groups in total. The number of amides is 1. The molecule has 4 heteroatoms. The lowest BCUT2D eigenvalue weighted by atomic mass is 10.1. The number of carbonyl (C=O) groups excluding carboxylic acids is 1. The van der Waals surface area contributed by atoms with Crippen LogP contribution in [0.2, 0.25) is 0 Å². The molecule has 1 amide bonds. The Morgan fingerprint density at radius 3 is 2.50 bits per heavy atom. The average molecular weight is 238 g/mol. The van der Waals surface area contributed by atoms with Crippen LogP contribution in [0.4, 0.5) is 0 Å². The van der Waals surface area contributed by atoms with E-state index in [0.29, 0.717) is 0 Å². The topological polar surface area (TPSA) is 32.3 Å². The van der Waals surface area contributed by atoms with E-state index in [-0.39, 0.29) is 18.0 Å². The van der Waals surface area contributed by atoms with Crippen LogP contribution in [0.15, 0.2) is 12.1 Å². The summed E-state index contributed by atoms with van der Waals surface area (Å²) in [5, 5.41) is 3.34. The summed E-state index contributed by atoms with van der Waals surface area (Å²) in [5.41, 5.74) is 0. The zero-order valence-electron chi connectivity index (χ0n) is 9.99. The van der Waals surface area contributed by atoms with Crippen LogP contribution in [0, 0.1) is 6.92 Å². The van der Waals surface area contributed by atoms with Crippen molar-refractivity contribution in [3.63, 3.8) is 0 Å². The molecule has 2 heterocycles. The van der Waals surface area contributed by atoms with Crippen molar-refractivity contribution in [1.82, 2.24) is 10.2 Å². The van der Waals surface area contributed by atoms with Crippen LogP contribution >= 0.6 is 11.3 Å². The Morgan fingerprint density at radius 2 is 2.00 bits per heavy atom. The van der Waals surface area contributed by atoms with E-state index in [1.165, 1.54) is 4.88 Å². The van der Waals surface area contributed by atoms with Crippen molar-refractivity contribution in [2.45, 2.75) is 32.9 Å². The molecule has 0 spiro atoms. The van der Waals surface area contributed by atoms with E-state index >= 15 is 0 Å². The standard InChI is InChI=1S/C12H18N2OS/c1-8-6-13-7-9(2)14(8)12(15)11-5-4-10(3)16-11/h4-5,8-9,13H,6-7H2,1-3H3. The summed E-state index contributed by atoms with van der Waals surface area (Å²) in [6.07, 6.45) is 0. The van der Waals surface area contributed by atoms with Crippen molar-refractivity contribution in [3.8, 4) is 0 Å². The molecule has 1 fully saturated rings. The first-order chi connectivity index (χ1) is 7.59. The van der Waals surface area contributed by atoms with Gasteiger partial charge in [0.1, 0.15) is 0 Å². The third-order valence-electron chi connectivity index (χ3n) is 3.01. The first-order valence-electron chi connectivity index (χ1n) is 5.69. The molecule has 0 radical (unpaired) electrons. The summed E-state index contributed by atoms with van der Waals surface area (Å²) in [7, 11) is 0. The maximum absolute atomic E-state index is 12.3. The molecule has 1 aromatic heterocycles. The number of nitrogens with one attached hydrogen (secondary N) is 1. The third kappa shape index (κ3) is 2.13. The Balaban J connectivity index is 2.19. The fourth-order valence-corrected chi connectivity index (χ4v) is 3.02. The van der Waals surface area contributed by atoms with Gasteiger partial charge in [-0.05, 0) is 32.9 Å². The van der Waals surface area contributed by atoms with Gasteiger partial charge in [-0.3, -0.25) is 4.79 Å². The van der Waals surface area contributed by atoms with Gasteiger partial charge >= 0.3 is 0 Å². The first-order valence-corrected chi connectivity index (χ1v) is 6.51. The fraction of sp³-hybridized carbons (Fsp3) is 0.583. The molecule has 0 aromatic carbocycles. The van der Waals surface area contributed by atoms with Gasteiger partial charge in [0, 0.05) is 30.1 Å². The summed E-state index contributed by atoms with van der Waals surface area (Å²) in [5.74, 6) is 0.180. The van der Waals surface area contributed by atoms with Gasteiger partial charge in [0.2, 0.25) is 0 Å². The second-order valence-electron chi connectivity index (χ2n) is 4.48. The first kappa shape index (κ1) is 11.6. The second-order valence-corrected chi connectivity index (χ2v) is 5.77. The number of aryl methyl sites for hydroxylation is 1. The van der Waals surface area contributed by atoms with Crippen LogP contribution in [0.25, 0.3) is 0 Å². The van der Waals surface area contributed by atoms with Crippen LogP contribution in [0.5, 0.6) is 0 Å². The SMILES string of the molecule is Cc1ccc(C(=O)N2C(C)CNCC2C)s1. The molecule has 1 saturated heterocycles. The normalized spacial score (nSPS) is 25.8. The Hall–Kier alpha value is -0.870. The summed E-state index contributed by atoms with van der Waals surface area (Å²) in [4.78, 5) is 16.4. The Bertz CT molecular complexity index is 378. The molecule has 1 aliphatic heterocycles. The maximum atomic E-state index is 12.3. The van der Waals surface area contributed by atoms with Crippen LogP contribution < -0.4 is 5.32 Å². The van der Waals surface area contributed by atoms with Gasteiger partial charge in [-0.1, -0.05) is 0 Å². The van der Waals surface area contributed by atoms with E-state index in [1.807, 2.05) is 24.0 Å². The minimum absolute atomic E-state index is 0.180. The minimum atomic E-state index is 0.180. The van der Waals surface area contributed by atoms with Crippen molar-refractivity contribution in [3.05, 3.63) is 21.9 Å². The lowest BCUT2D eigenvalue weighted by molar-refractivity contribution is 0.0549. The zero-order valence-corrected chi connectivity index (χ0v) is 10.8. The number of thiophene rings is 1. The smallest absolute Gasteiger partial charge is 0.264 e. The largest absolute Gasteiger partial charge is 0.330 e. The number of rotatable bonds is 1. The monoisotopic (exact) mass is 238 g/mol. The lowest BCUT2D eigenvalue weighted by Gasteiger charge is -2.39. The molecule has 0 aliphatic carbocycles. The lowest BCUT2D eigenvalue weighted by Crippen LogP contribution is -2.57. The number of hydrogen-bond donors (Lipinski definition) is 1. The van der Waals surface area contributed by atoms with Crippen LogP contribution in [0.1, 0.15) is 28.4 Å². The molecular formula is C12H18N2OS. The van der Waals surface area contributed by atoms with E-state index in [2.05, 4.69) is 19.2 Å². The van der Waals surface area contributed by atoms with Crippen molar-refractivity contribution >= 4 is 17.2 Å². The van der Waals surface area contributed by atoms with Crippen molar-refractivity contribution < 1.29 is 4.79 Å². The molecule has 0 saturated carbocycles. The molecule has 2 unspecified atom stereocenters. The number of piperazine rings is 1. The highest BCUT2D eigenvalue weighted by atomic mass is 32.1. The van der Waals surface area contributed by atoms with E-state index in [1.54, 1.807) is 11.3 Å².